The average Bonchev–Trinajstić information content (AvgIpc) is 2.25. The molecular formula is C9H16O6. The lowest BCUT2D eigenvalue weighted by molar-refractivity contribution is -0.137. The quantitative estimate of drug-likeness (QED) is 0.310. The van der Waals surface area contributed by atoms with Gasteiger partial charge in [0.05, 0.1) is 19.8 Å². The van der Waals surface area contributed by atoms with E-state index in [0.29, 0.717) is 0 Å². The van der Waals surface area contributed by atoms with Gasteiger partial charge in [0.25, 0.3) is 0 Å². The van der Waals surface area contributed by atoms with Crippen molar-refractivity contribution in [3.63, 3.8) is 0 Å². The lowest BCUT2D eigenvalue weighted by Crippen LogP contribution is -2.40. The summed E-state index contributed by atoms with van der Waals surface area (Å²) in [6.45, 7) is 2.67. The van der Waals surface area contributed by atoms with Crippen molar-refractivity contribution in [2.45, 2.75) is 24.7 Å². The molecule has 0 aromatic carbocycles. The van der Waals surface area contributed by atoms with Gasteiger partial charge in [0.2, 0.25) is 0 Å². The first kappa shape index (κ1) is 14.1. The Morgan fingerprint density at radius 1 is 1.33 bits per heavy atom. The minimum Gasteiger partial charge on any atom is -0.466 e. The van der Waals surface area contributed by atoms with Crippen molar-refractivity contribution in [2.75, 3.05) is 13.7 Å². The van der Waals surface area contributed by atoms with E-state index in [4.69, 9.17) is 10.2 Å². The van der Waals surface area contributed by atoms with Crippen LogP contribution in [0.2, 0.25) is 0 Å². The molecule has 0 heterocycles. The van der Waals surface area contributed by atoms with Crippen LogP contribution in [0, 0.1) is 0 Å². The van der Waals surface area contributed by atoms with Gasteiger partial charge in [0.15, 0.2) is 0 Å². The molecule has 0 fully saturated rings. The Labute approximate surface area is 87.4 Å². The van der Waals surface area contributed by atoms with Gasteiger partial charge in [-0.15, -0.1) is 0 Å². The third-order valence-electron chi connectivity index (χ3n) is 1.91. The van der Waals surface area contributed by atoms with E-state index in [0.717, 1.165) is 0 Å². The number of carbonyl (C=O) groups is 1. The number of hydrogen-bond acceptors (Lipinski definition) is 6. The molecule has 3 atom stereocenters. The van der Waals surface area contributed by atoms with Crippen LogP contribution in [0.15, 0.2) is 12.2 Å². The maximum Gasteiger partial charge on any atom is 0.333 e. The highest BCUT2D eigenvalue weighted by Gasteiger charge is 2.25. The molecule has 0 aromatic rings. The van der Waals surface area contributed by atoms with Gasteiger partial charge in [-0.3, -0.25) is 0 Å². The van der Waals surface area contributed by atoms with E-state index in [-0.39, 0.29) is 12.0 Å². The number of hydrogen-bond donors (Lipinski definition) is 4. The zero-order valence-corrected chi connectivity index (χ0v) is 8.46. The molecule has 0 spiro atoms. The van der Waals surface area contributed by atoms with Crippen LogP contribution in [0.4, 0.5) is 0 Å². The first-order valence-electron chi connectivity index (χ1n) is 4.35. The number of aliphatic hydroxyl groups is 4. The minimum atomic E-state index is -1.53. The fourth-order valence-corrected chi connectivity index (χ4v) is 0.965. The topological polar surface area (TPSA) is 107 Å². The Hall–Kier alpha value is -0.950. The number of methoxy groups -OCH3 is 1. The van der Waals surface area contributed by atoms with Crippen molar-refractivity contribution in [3.05, 3.63) is 12.2 Å². The molecule has 0 rings (SSSR count). The Balaban J connectivity index is 4.18. The van der Waals surface area contributed by atoms with E-state index in [9.17, 15) is 15.0 Å². The van der Waals surface area contributed by atoms with Crippen LogP contribution in [0.25, 0.3) is 0 Å². The van der Waals surface area contributed by atoms with Crippen LogP contribution in [-0.4, -0.2) is 58.4 Å². The summed E-state index contributed by atoms with van der Waals surface area (Å²) in [5.41, 5.74) is -0.0193. The van der Waals surface area contributed by atoms with Gasteiger partial charge in [-0.1, -0.05) is 6.58 Å². The Bertz CT molecular complexity index is 227. The van der Waals surface area contributed by atoms with Gasteiger partial charge in [-0.05, 0) is 0 Å². The van der Waals surface area contributed by atoms with Crippen molar-refractivity contribution >= 4 is 5.97 Å². The number of rotatable bonds is 6. The third-order valence-corrected chi connectivity index (χ3v) is 1.91. The molecule has 0 aliphatic rings. The standard InChI is InChI=1S/C9H16O6/c1-5(9(14)15-2)3-6(11)8(13)7(12)4-10/h6-8,10-13H,1,3-4H2,2H3. The lowest BCUT2D eigenvalue weighted by atomic mass is 10.0. The summed E-state index contributed by atoms with van der Waals surface area (Å²) < 4.78 is 4.34. The smallest absolute Gasteiger partial charge is 0.333 e. The van der Waals surface area contributed by atoms with Crippen molar-refractivity contribution in [2.24, 2.45) is 0 Å². The van der Waals surface area contributed by atoms with Crippen molar-refractivity contribution < 1.29 is 30.0 Å². The van der Waals surface area contributed by atoms with Crippen molar-refractivity contribution in [3.8, 4) is 0 Å². The molecule has 0 saturated heterocycles. The van der Waals surface area contributed by atoms with E-state index in [2.05, 4.69) is 11.3 Å². The van der Waals surface area contributed by atoms with Crippen LogP contribution < -0.4 is 0 Å². The van der Waals surface area contributed by atoms with Gasteiger partial charge < -0.3 is 25.2 Å². The van der Waals surface area contributed by atoms with Gasteiger partial charge >= 0.3 is 5.97 Å². The molecule has 0 radical (unpaired) electrons. The molecule has 3 unspecified atom stereocenters. The van der Waals surface area contributed by atoms with Crippen LogP contribution in [0.5, 0.6) is 0 Å². The van der Waals surface area contributed by atoms with E-state index >= 15 is 0 Å². The van der Waals surface area contributed by atoms with E-state index in [1.165, 1.54) is 7.11 Å². The van der Waals surface area contributed by atoms with Gasteiger partial charge in [0, 0.05) is 12.0 Å². The summed E-state index contributed by atoms with van der Waals surface area (Å²) in [4.78, 5) is 10.9. The SMILES string of the molecule is C=C(CC(O)C(O)C(O)CO)C(=O)OC. The predicted octanol–water partition coefficient (Wildman–Crippen LogP) is -1.82. The molecule has 4 N–H and O–H groups in total. The number of aliphatic hydroxyl groups excluding tert-OH is 4. The Morgan fingerprint density at radius 3 is 2.27 bits per heavy atom. The van der Waals surface area contributed by atoms with Gasteiger partial charge in [-0.2, -0.15) is 0 Å². The second-order valence-electron chi connectivity index (χ2n) is 3.11. The predicted molar refractivity (Wildman–Crippen MR) is 50.9 cm³/mol. The zero-order chi connectivity index (χ0) is 12.0. The second kappa shape index (κ2) is 6.52. The summed E-state index contributed by atoms with van der Waals surface area (Å²) in [5.74, 6) is -0.695. The highest BCUT2D eigenvalue weighted by atomic mass is 16.5. The van der Waals surface area contributed by atoms with Crippen LogP contribution in [0.3, 0.4) is 0 Å². The summed E-state index contributed by atoms with van der Waals surface area (Å²) in [7, 11) is 1.17. The molecule has 6 nitrogen and oxygen atoms in total. The fourth-order valence-electron chi connectivity index (χ4n) is 0.965. The molecule has 0 aromatic heterocycles. The highest BCUT2D eigenvalue weighted by molar-refractivity contribution is 5.87. The first-order chi connectivity index (χ1) is 6.93. The van der Waals surface area contributed by atoms with E-state index < -0.39 is 30.9 Å². The molecular weight excluding hydrogens is 204 g/mol. The lowest BCUT2D eigenvalue weighted by Gasteiger charge is -2.21. The second-order valence-corrected chi connectivity index (χ2v) is 3.11. The maximum atomic E-state index is 10.9. The largest absolute Gasteiger partial charge is 0.466 e. The molecule has 88 valence electrons. The van der Waals surface area contributed by atoms with E-state index in [1.54, 1.807) is 0 Å². The fraction of sp³-hybridized carbons (Fsp3) is 0.667. The molecule has 0 saturated carbocycles. The molecule has 0 aliphatic heterocycles. The molecule has 6 heteroatoms. The average molecular weight is 220 g/mol. The number of esters is 1. The highest BCUT2D eigenvalue weighted by Crippen LogP contribution is 2.10. The Kier molecular flexibility index (Phi) is 6.11. The van der Waals surface area contributed by atoms with Crippen molar-refractivity contribution in [1.29, 1.82) is 0 Å². The number of carbonyl (C=O) groups excluding carboxylic acids is 1. The normalized spacial score (nSPS) is 16.6. The van der Waals surface area contributed by atoms with E-state index in [1.807, 2.05) is 0 Å². The molecule has 15 heavy (non-hydrogen) atoms. The Morgan fingerprint density at radius 2 is 1.87 bits per heavy atom. The summed E-state index contributed by atoms with van der Waals surface area (Å²) >= 11 is 0. The third kappa shape index (κ3) is 4.39. The maximum absolute atomic E-state index is 10.9. The van der Waals surface area contributed by atoms with Gasteiger partial charge in [-0.25, -0.2) is 4.79 Å². The van der Waals surface area contributed by atoms with Crippen LogP contribution >= 0.6 is 0 Å². The molecule has 0 aliphatic carbocycles. The summed E-state index contributed by atoms with van der Waals surface area (Å²) in [6, 6.07) is 0. The van der Waals surface area contributed by atoms with Crippen LogP contribution in [0.1, 0.15) is 6.42 Å². The zero-order valence-electron chi connectivity index (χ0n) is 8.46. The monoisotopic (exact) mass is 220 g/mol. The molecule has 0 amide bonds. The summed E-state index contributed by atoms with van der Waals surface area (Å²) in [6.07, 6.45) is -4.59. The van der Waals surface area contributed by atoms with Gasteiger partial charge in [0.1, 0.15) is 12.2 Å². The minimum absolute atomic E-state index is 0.0193. The van der Waals surface area contributed by atoms with Crippen LogP contribution in [-0.2, 0) is 9.53 Å². The summed E-state index contributed by atoms with van der Waals surface area (Å²) in [5, 5.41) is 36.1. The van der Waals surface area contributed by atoms with Crippen molar-refractivity contribution in [1.82, 2.24) is 0 Å². The first-order valence-corrected chi connectivity index (χ1v) is 4.35. The molecule has 0 bridgehead atoms. The number of ether oxygens (including phenoxy) is 1.